The smallest absolute Gasteiger partial charge is 0.293 e. The van der Waals surface area contributed by atoms with Crippen LogP contribution in [0.5, 0.6) is 17.2 Å². The number of nitro groups is 1. The molecule has 12 rings (SSSR count). The Bertz CT molecular complexity index is 3920. The van der Waals surface area contributed by atoms with Gasteiger partial charge in [-0.1, -0.05) is 54.8 Å². The Kier molecular flexibility index (Phi) is 18.9. The molecule has 0 spiro atoms. The molecule has 0 radical (unpaired) electrons. The zero-order valence-corrected chi connectivity index (χ0v) is 51.4. The molecule has 5 aromatic carbocycles. The standard InChI is InChI=1S/C66H72ClN11O11S/c67-47-13-11-45(12-14-47)51-7-6-10-60(88-42-44-38-75(39-44)26-4-2-1-3-24-68-56-9-5-8-52-54(56)41-77(66(52)82)58-19-20-62(79)72-65(58)81)55(51)40-74-27-29-76(30-28-74)48-15-17-53(61(34-48)89-49-33-46-21-25-69-63(46)71-37-49)64(80)73-90(85,86)50-16-18-57(59(35-50)78(83)84)70-36-43-22-31-87-32-23-43/h5-18,21,25,33-35,37,43-44,58,68,70H,1-4,19-20,22-24,26-32,36,38-42H2,(H,69,71)(H,73,80)(H,72,79,81). The van der Waals surface area contributed by atoms with Crippen molar-refractivity contribution >= 4 is 79.0 Å². The summed E-state index contributed by atoms with van der Waals surface area (Å²) in [7, 11) is -4.61. The van der Waals surface area contributed by atoms with Crippen molar-refractivity contribution < 1.29 is 46.7 Å². The number of piperazine rings is 1. The molecule has 24 heteroatoms. The zero-order valence-electron chi connectivity index (χ0n) is 49.8. The molecule has 2 aromatic heterocycles. The predicted octanol–water partition coefficient (Wildman–Crippen LogP) is 9.61. The number of carbonyl (C=O) groups excluding carboxylic acids is 4. The van der Waals surface area contributed by atoms with E-state index in [1.165, 1.54) is 24.4 Å². The average molecular weight is 1260 g/mol. The van der Waals surface area contributed by atoms with Gasteiger partial charge in [-0.15, -0.1) is 0 Å². The molecule has 7 heterocycles. The lowest BCUT2D eigenvalue weighted by Gasteiger charge is -2.39. The molecular formula is C66H72ClN11O11S. The predicted molar refractivity (Wildman–Crippen MR) is 342 cm³/mol. The minimum absolute atomic E-state index is 0.0737. The highest BCUT2D eigenvalue weighted by molar-refractivity contribution is 7.90. The van der Waals surface area contributed by atoms with Gasteiger partial charge in [0.1, 0.15) is 34.6 Å². The van der Waals surface area contributed by atoms with Crippen LogP contribution < -0.4 is 35.0 Å². The van der Waals surface area contributed by atoms with Gasteiger partial charge in [0.15, 0.2) is 0 Å². The average Bonchev–Trinajstić information content (AvgIpc) is 2.04. The quantitative estimate of drug-likeness (QED) is 0.0154. The number of anilines is 3. The number of aromatic amines is 1. The number of hydrogen-bond acceptors (Lipinski definition) is 17. The number of aromatic nitrogens is 2. The van der Waals surface area contributed by atoms with Crippen molar-refractivity contribution in [2.45, 2.75) is 75.4 Å². The van der Waals surface area contributed by atoms with Crippen molar-refractivity contribution in [2.24, 2.45) is 11.8 Å². The molecule has 7 aromatic rings. The lowest BCUT2D eigenvalue weighted by molar-refractivity contribution is -0.384. The lowest BCUT2D eigenvalue weighted by atomic mass is 9.97. The summed E-state index contributed by atoms with van der Waals surface area (Å²) in [5.74, 6) is 0.0260. The van der Waals surface area contributed by atoms with Gasteiger partial charge < -0.3 is 44.5 Å². The number of nitrogens with zero attached hydrogens (tertiary/aromatic N) is 6. The van der Waals surface area contributed by atoms with E-state index in [0.717, 1.165) is 116 Å². The van der Waals surface area contributed by atoms with E-state index in [4.69, 9.17) is 25.8 Å². The number of ether oxygens (including phenoxy) is 3. The fourth-order valence-corrected chi connectivity index (χ4v) is 13.7. The topological polar surface area (TPSA) is 263 Å². The van der Waals surface area contributed by atoms with Crippen LogP contribution in [0.25, 0.3) is 22.2 Å². The summed E-state index contributed by atoms with van der Waals surface area (Å²) < 4.78 is 48.4. The number of carbonyl (C=O) groups is 4. The van der Waals surface area contributed by atoms with Crippen LogP contribution in [0.1, 0.15) is 83.2 Å². The van der Waals surface area contributed by atoms with E-state index in [-0.39, 0.29) is 41.2 Å². The fraction of sp³-hybridized carbons (Fsp3) is 0.379. The first-order valence-corrected chi connectivity index (χ1v) is 32.7. The number of nitro benzene ring substituents is 1. The first-order valence-electron chi connectivity index (χ1n) is 30.8. The van der Waals surface area contributed by atoms with Crippen molar-refractivity contribution in [2.75, 3.05) is 94.3 Å². The zero-order chi connectivity index (χ0) is 62.3. The third-order valence-corrected chi connectivity index (χ3v) is 19.2. The fourth-order valence-electron chi connectivity index (χ4n) is 12.6. The summed E-state index contributed by atoms with van der Waals surface area (Å²) in [6, 6.07) is 31.2. The third-order valence-electron chi connectivity index (χ3n) is 17.7. The number of rotatable bonds is 25. The maximum absolute atomic E-state index is 14.1. The minimum Gasteiger partial charge on any atom is -0.493 e. The first kappa shape index (κ1) is 61.6. The van der Waals surface area contributed by atoms with Gasteiger partial charge in [-0.3, -0.25) is 39.5 Å². The molecular weight excluding hydrogens is 1190 g/mol. The van der Waals surface area contributed by atoms with Gasteiger partial charge in [-0.05, 0) is 122 Å². The van der Waals surface area contributed by atoms with Gasteiger partial charge in [0.2, 0.25) is 11.8 Å². The number of piperidine rings is 1. The van der Waals surface area contributed by atoms with Crippen molar-refractivity contribution in [3.05, 3.63) is 159 Å². The Morgan fingerprint density at radius 2 is 1.60 bits per heavy atom. The molecule has 5 aliphatic rings. The summed E-state index contributed by atoms with van der Waals surface area (Å²) >= 11 is 6.37. The second kappa shape index (κ2) is 27.6. The van der Waals surface area contributed by atoms with Gasteiger partial charge >= 0.3 is 0 Å². The van der Waals surface area contributed by atoms with Crippen LogP contribution in [0.4, 0.5) is 22.7 Å². The van der Waals surface area contributed by atoms with E-state index >= 15 is 0 Å². The molecule has 22 nitrogen and oxygen atoms in total. The van der Waals surface area contributed by atoms with Gasteiger partial charge in [0, 0.05) is 148 Å². The second-order valence-corrected chi connectivity index (χ2v) is 25.9. The number of fused-ring (bicyclic) bond motifs is 2. The van der Waals surface area contributed by atoms with Crippen LogP contribution in [-0.4, -0.2) is 146 Å². The Labute approximate surface area is 526 Å². The number of unbranched alkanes of at least 4 members (excludes halogenated alkanes) is 3. The number of hydrogen-bond donors (Lipinski definition) is 5. The van der Waals surface area contributed by atoms with Crippen LogP contribution in [-0.2, 0) is 37.4 Å². The second-order valence-electron chi connectivity index (χ2n) is 23.7. The van der Waals surface area contributed by atoms with Crippen LogP contribution in [0.3, 0.4) is 0 Å². The Balaban J connectivity index is 0.648. The molecule has 5 aliphatic heterocycles. The van der Waals surface area contributed by atoms with Gasteiger partial charge in [-0.2, -0.15) is 0 Å². The van der Waals surface area contributed by atoms with E-state index in [1.807, 2.05) is 48.5 Å². The number of benzene rings is 5. The summed E-state index contributed by atoms with van der Waals surface area (Å²) in [4.78, 5) is 79.0. The van der Waals surface area contributed by atoms with Crippen molar-refractivity contribution in [3.63, 3.8) is 0 Å². The molecule has 4 saturated heterocycles. The van der Waals surface area contributed by atoms with Crippen molar-refractivity contribution in [1.29, 1.82) is 0 Å². The maximum Gasteiger partial charge on any atom is 0.293 e. The lowest BCUT2D eigenvalue weighted by Crippen LogP contribution is -2.52. The number of likely N-dealkylation sites (tertiary alicyclic amines) is 1. The summed E-state index contributed by atoms with van der Waals surface area (Å²) in [5, 5.41) is 22.7. The van der Waals surface area contributed by atoms with Crippen LogP contribution >= 0.6 is 11.6 Å². The SMILES string of the molecule is O=C1CCC(N2Cc3c(NCCCCCCN4CC(COc5cccc(-c6ccc(Cl)cc6)c5CN5CCN(c6ccc(C(=O)NS(=O)(=O)c7ccc(NCC8CCOCC8)c([N+](=O)[O-])c7)c(Oc7cnc8[nH]ccc8c7)c6)CC5)C4)cccc3C2=O)C(=O)N1. The molecule has 1 atom stereocenters. The van der Waals surface area contributed by atoms with Crippen molar-refractivity contribution in [3.8, 4) is 28.4 Å². The van der Waals surface area contributed by atoms with Crippen LogP contribution in [0.2, 0.25) is 5.02 Å². The highest BCUT2D eigenvalue weighted by atomic mass is 35.5. The number of amides is 4. The highest BCUT2D eigenvalue weighted by Gasteiger charge is 2.40. The van der Waals surface area contributed by atoms with Gasteiger partial charge in [0.25, 0.3) is 27.5 Å². The number of sulfonamides is 1. The molecule has 4 amide bonds. The van der Waals surface area contributed by atoms with Gasteiger partial charge in [-0.25, -0.2) is 18.1 Å². The molecule has 5 N–H and O–H groups in total. The van der Waals surface area contributed by atoms with E-state index < -0.39 is 43.4 Å². The highest BCUT2D eigenvalue weighted by Crippen LogP contribution is 2.38. The number of nitrogens with one attached hydrogen (secondary N) is 5. The number of imide groups is 1. The van der Waals surface area contributed by atoms with E-state index in [2.05, 4.69) is 57.5 Å². The first-order chi connectivity index (χ1) is 43.7. The van der Waals surface area contributed by atoms with E-state index in [0.29, 0.717) is 100.0 Å². The minimum atomic E-state index is -4.61. The molecule has 1 unspecified atom stereocenters. The van der Waals surface area contributed by atoms with Crippen LogP contribution in [0, 0.1) is 22.0 Å². The number of pyridine rings is 1. The Hall–Kier alpha value is -8.61. The van der Waals surface area contributed by atoms with Gasteiger partial charge in [0.05, 0.1) is 28.2 Å². The summed E-state index contributed by atoms with van der Waals surface area (Å²) in [6.07, 6.45) is 9.69. The molecule has 0 aliphatic carbocycles. The molecule has 470 valence electrons. The monoisotopic (exact) mass is 1260 g/mol. The van der Waals surface area contributed by atoms with E-state index in [9.17, 15) is 37.7 Å². The number of halogens is 1. The van der Waals surface area contributed by atoms with Crippen molar-refractivity contribution in [1.82, 2.24) is 34.7 Å². The maximum atomic E-state index is 14.1. The summed E-state index contributed by atoms with van der Waals surface area (Å²) in [6.45, 7) is 9.60. The normalized spacial score (nSPS) is 17.7. The Morgan fingerprint density at radius 3 is 2.40 bits per heavy atom. The number of H-pyrrole nitrogens is 1. The Morgan fingerprint density at radius 1 is 0.811 bits per heavy atom. The molecule has 0 saturated carbocycles. The molecule has 0 bridgehead atoms. The third kappa shape index (κ3) is 14.3. The van der Waals surface area contributed by atoms with Crippen LogP contribution in [0.15, 0.2) is 126 Å². The molecule has 90 heavy (non-hydrogen) atoms. The largest absolute Gasteiger partial charge is 0.493 e. The van der Waals surface area contributed by atoms with E-state index in [1.54, 1.807) is 35.4 Å². The molecule has 4 fully saturated rings. The summed E-state index contributed by atoms with van der Waals surface area (Å²) in [5.41, 5.74) is 6.65.